The summed E-state index contributed by atoms with van der Waals surface area (Å²) in [7, 11) is -2.34. The number of rotatable bonds is 3. The van der Waals surface area contributed by atoms with Crippen molar-refractivity contribution in [3.05, 3.63) is 54.2 Å². The number of nitrogens with zero attached hydrogens (tertiary/aromatic N) is 1. The van der Waals surface area contributed by atoms with Crippen LogP contribution in [-0.4, -0.2) is 20.5 Å². The highest BCUT2D eigenvalue weighted by molar-refractivity contribution is 7.89. The van der Waals surface area contributed by atoms with E-state index in [0.717, 1.165) is 22.0 Å². The van der Waals surface area contributed by atoms with Crippen molar-refractivity contribution < 1.29 is 13.2 Å². The summed E-state index contributed by atoms with van der Waals surface area (Å²) in [6.07, 6.45) is 1.74. The molecule has 0 fully saturated rings. The Kier molecular flexibility index (Phi) is 3.79. The lowest BCUT2D eigenvalue weighted by Gasteiger charge is -2.11. The molecule has 0 aliphatic carbocycles. The number of aromatic nitrogens is 1. The first-order valence-corrected chi connectivity index (χ1v) is 8.51. The van der Waals surface area contributed by atoms with Crippen LogP contribution in [0.15, 0.2) is 53.6 Å². The summed E-state index contributed by atoms with van der Waals surface area (Å²) >= 11 is 0. The minimum atomic E-state index is -3.83. The van der Waals surface area contributed by atoms with Crippen LogP contribution in [0.1, 0.15) is 5.56 Å². The van der Waals surface area contributed by atoms with Crippen molar-refractivity contribution in [3.63, 3.8) is 0 Å². The zero-order valence-electron chi connectivity index (χ0n) is 12.8. The van der Waals surface area contributed by atoms with Crippen LogP contribution in [0.25, 0.3) is 22.0 Å². The fraction of sp³-hybridized carbons (Fsp3) is 0.118. The number of pyridine rings is 1. The van der Waals surface area contributed by atoms with Gasteiger partial charge in [0.15, 0.2) is 0 Å². The largest absolute Gasteiger partial charge is 0.497 e. The Hall–Kier alpha value is -2.44. The first-order valence-electron chi connectivity index (χ1n) is 6.97. The number of para-hydroxylation sites is 1. The van der Waals surface area contributed by atoms with E-state index in [4.69, 9.17) is 9.88 Å². The molecule has 5 nitrogen and oxygen atoms in total. The molecule has 0 unspecified atom stereocenters. The monoisotopic (exact) mass is 328 g/mol. The van der Waals surface area contributed by atoms with Gasteiger partial charge < -0.3 is 4.74 Å². The quantitative estimate of drug-likeness (QED) is 0.801. The van der Waals surface area contributed by atoms with E-state index in [2.05, 4.69) is 4.98 Å². The number of fused-ring (bicyclic) bond motifs is 1. The zero-order chi connectivity index (χ0) is 16.6. The summed E-state index contributed by atoms with van der Waals surface area (Å²) in [4.78, 5) is 4.45. The summed E-state index contributed by atoms with van der Waals surface area (Å²) < 4.78 is 28.6. The molecular weight excluding hydrogens is 312 g/mol. The van der Waals surface area contributed by atoms with Crippen LogP contribution in [0.3, 0.4) is 0 Å². The van der Waals surface area contributed by atoms with E-state index in [0.29, 0.717) is 11.3 Å². The van der Waals surface area contributed by atoms with Crippen molar-refractivity contribution in [2.45, 2.75) is 11.8 Å². The van der Waals surface area contributed by atoms with Crippen LogP contribution in [-0.2, 0) is 10.0 Å². The maximum absolute atomic E-state index is 11.7. The number of hydrogen-bond acceptors (Lipinski definition) is 4. The molecule has 23 heavy (non-hydrogen) atoms. The molecule has 3 aromatic rings. The zero-order valence-corrected chi connectivity index (χ0v) is 13.6. The molecule has 0 atom stereocenters. The molecule has 0 bridgehead atoms. The lowest BCUT2D eigenvalue weighted by molar-refractivity contribution is 0.413. The highest BCUT2D eigenvalue weighted by Gasteiger charge is 2.14. The van der Waals surface area contributed by atoms with Crippen molar-refractivity contribution in [2.24, 2.45) is 5.14 Å². The van der Waals surface area contributed by atoms with Crippen molar-refractivity contribution in [1.82, 2.24) is 4.98 Å². The number of primary sulfonamides is 1. The maximum atomic E-state index is 11.7. The molecule has 2 N–H and O–H groups in total. The van der Waals surface area contributed by atoms with Crippen molar-refractivity contribution in [1.29, 1.82) is 0 Å². The van der Waals surface area contributed by atoms with Gasteiger partial charge in [-0.25, -0.2) is 13.6 Å². The second kappa shape index (κ2) is 5.64. The van der Waals surface area contributed by atoms with E-state index in [1.54, 1.807) is 12.3 Å². The molecular formula is C17H16N2O3S. The first-order chi connectivity index (χ1) is 10.9. The minimum absolute atomic E-state index is 0.0107. The second-order valence-corrected chi connectivity index (χ2v) is 6.83. The van der Waals surface area contributed by atoms with Crippen LogP contribution in [0.4, 0.5) is 0 Å². The predicted molar refractivity (Wildman–Crippen MR) is 89.8 cm³/mol. The van der Waals surface area contributed by atoms with Gasteiger partial charge in [-0.3, -0.25) is 4.98 Å². The lowest BCUT2D eigenvalue weighted by atomic mass is 10.00. The number of hydrogen-bond donors (Lipinski definition) is 1. The highest BCUT2D eigenvalue weighted by Crippen LogP contribution is 2.32. The summed E-state index contributed by atoms with van der Waals surface area (Å²) in [6, 6.07) is 12.5. The Balaban J connectivity index is 2.33. The summed E-state index contributed by atoms with van der Waals surface area (Å²) in [5, 5.41) is 6.28. The first kappa shape index (κ1) is 15.5. The molecule has 0 spiro atoms. The predicted octanol–water partition coefficient (Wildman–Crippen LogP) is 2.87. The Morgan fingerprint density at radius 3 is 2.61 bits per heavy atom. The third-order valence-corrected chi connectivity index (χ3v) is 4.64. The number of sulfonamides is 1. The van der Waals surface area contributed by atoms with Crippen LogP contribution in [0.2, 0.25) is 0 Å². The number of benzene rings is 2. The van der Waals surface area contributed by atoms with E-state index >= 15 is 0 Å². The molecule has 0 aliphatic rings. The SMILES string of the molecule is COc1cc(-c2cccc3c(C)ccnc23)cc(S(N)(=O)=O)c1. The molecule has 3 rings (SSSR count). The smallest absolute Gasteiger partial charge is 0.238 e. The van der Waals surface area contributed by atoms with Crippen LogP contribution in [0, 0.1) is 6.92 Å². The number of nitrogens with two attached hydrogens (primary N) is 1. The minimum Gasteiger partial charge on any atom is -0.497 e. The van der Waals surface area contributed by atoms with Gasteiger partial charge in [0.25, 0.3) is 0 Å². The average molecular weight is 328 g/mol. The van der Waals surface area contributed by atoms with Gasteiger partial charge in [-0.15, -0.1) is 0 Å². The number of ether oxygens (including phenoxy) is 1. The number of methoxy groups -OCH3 is 1. The molecule has 0 radical (unpaired) electrons. The molecule has 0 saturated carbocycles. The summed E-state index contributed by atoms with van der Waals surface area (Å²) in [5.74, 6) is 0.427. The van der Waals surface area contributed by atoms with Gasteiger partial charge in [0.05, 0.1) is 17.5 Å². The summed E-state index contributed by atoms with van der Waals surface area (Å²) in [6.45, 7) is 2.01. The molecule has 0 aliphatic heterocycles. The van der Waals surface area contributed by atoms with Crippen molar-refractivity contribution in [3.8, 4) is 16.9 Å². The molecule has 1 aromatic heterocycles. The summed E-state index contributed by atoms with van der Waals surface area (Å²) in [5.41, 5.74) is 3.43. The van der Waals surface area contributed by atoms with Gasteiger partial charge in [-0.2, -0.15) is 0 Å². The topological polar surface area (TPSA) is 82.3 Å². The van der Waals surface area contributed by atoms with Gasteiger partial charge in [-0.1, -0.05) is 18.2 Å². The van der Waals surface area contributed by atoms with E-state index in [1.165, 1.54) is 19.2 Å². The van der Waals surface area contributed by atoms with Crippen molar-refractivity contribution in [2.75, 3.05) is 7.11 Å². The highest BCUT2D eigenvalue weighted by atomic mass is 32.2. The molecule has 0 amide bonds. The Morgan fingerprint density at radius 2 is 1.91 bits per heavy atom. The lowest BCUT2D eigenvalue weighted by Crippen LogP contribution is -2.12. The van der Waals surface area contributed by atoms with Crippen LogP contribution >= 0.6 is 0 Å². The fourth-order valence-corrected chi connectivity index (χ4v) is 3.13. The van der Waals surface area contributed by atoms with Gasteiger partial charge in [0.2, 0.25) is 10.0 Å². The second-order valence-electron chi connectivity index (χ2n) is 5.27. The van der Waals surface area contributed by atoms with Crippen LogP contribution in [0.5, 0.6) is 5.75 Å². The fourth-order valence-electron chi connectivity index (χ4n) is 2.56. The number of aryl methyl sites for hydroxylation is 1. The Bertz CT molecular complexity index is 998. The van der Waals surface area contributed by atoms with Gasteiger partial charge in [0, 0.05) is 23.2 Å². The molecule has 0 saturated heterocycles. The molecule has 2 aromatic carbocycles. The van der Waals surface area contributed by atoms with E-state index < -0.39 is 10.0 Å². The normalized spacial score (nSPS) is 11.6. The maximum Gasteiger partial charge on any atom is 0.238 e. The van der Waals surface area contributed by atoms with Crippen LogP contribution < -0.4 is 9.88 Å². The molecule has 6 heteroatoms. The third kappa shape index (κ3) is 2.91. The van der Waals surface area contributed by atoms with Gasteiger partial charge in [-0.05, 0) is 36.2 Å². The van der Waals surface area contributed by atoms with E-state index in [1.807, 2.05) is 31.2 Å². The average Bonchev–Trinajstić information content (AvgIpc) is 2.53. The van der Waals surface area contributed by atoms with E-state index in [9.17, 15) is 8.42 Å². The van der Waals surface area contributed by atoms with Gasteiger partial charge in [0.1, 0.15) is 5.75 Å². The third-order valence-electron chi connectivity index (χ3n) is 3.74. The Morgan fingerprint density at radius 1 is 1.13 bits per heavy atom. The molecule has 118 valence electrons. The molecule has 1 heterocycles. The van der Waals surface area contributed by atoms with Crippen molar-refractivity contribution >= 4 is 20.9 Å². The van der Waals surface area contributed by atoms with E-state index in [-0.39, 0.29) is 4.90 Å². The Labute approximate surface area is 134 Å². The standard InChI is InChI=1S/C17H16N2O3S/c1-11-6-7-19-17-15(11)4-3-5-16(17)12-8-13(22-2)10-14(9-12)23(18,20)21/h3-10H,1-2H3,(H2,18,20,21). The van der Waals surface area contributed by atoms with Gasteiger partial charge >= 0.3 is 0 Å².